The molecule has 23 heavy (non-hydrogen) atoms. The van der Waals surface area contributed by atoms with E-state index in [9.17, 15) is 15.8 Å². The van der Waals surface area contributed by atoms with Gasteiger partial charge in [-0.2, -0.15) is 15.8 Å². The highest BCUT2D eigenvalue weighted by Gasteiger charge is 2.40. The molecule has 2 atom stereocenters. The maximum Gasteiger partial charge on any atom is 0.173 e. The number of hydrogen-bond acceptors (Lipinski definition) is 5. The molecule has 1 aromatic heterocycles. The molecule has 1 aliphatic rings. The van der Waals surface area contributed by atoms with Crippen molar-refractivity contribution in [1.82, 2.24) is 5.32 Å². The molecule has 110 valence electrons. The minimum Gasteiger partial charge on any atom is -0.378 e. The Morgan fingerprint density at radius 3 is 2.30 bits per heavy atom. The molecular weight excluding hydrogens is 304 g/mol. The van der Waals surface area contributed by atoms with Gasteiger partial charge in [0.2, 0.25) is 0 Å². The fourth-order valence-electron chi connectivity index (χ4n) is 2.90. The fourth-order valence-corrected chi connectivity index (χ4v) is 3.77. The summed E-state index contributed by atoms with van der Waals surface area (Å²) in [5.74, 6) is -1.14. The molecule has 0 fully saturated rings. The molecule has 1 N–H and O–H groups in total. The van der Waals surface area contributed by atoms with Gasteiger partial charge in [-0.25, -0.2) is 0 Å². The molecule has 0 saturated heterocycles. The molecule has 0 saturated carbocycles. The van der Waals surface area contributed by atoms with Gasteiger partial charge in [0.05, 0.1) is 41.4 Å². The van der Waals surface area contributed by atoms with E-state index in [4.69, 9.17) is 0 Å². The van der Waals surface area contributed by atoms with E-state index in [1.54, 1.807) is 11.3 Å². The van der Waals surface area contributed by atoms with Gasteiger partial charge in [-0.3, -0.25) is 0 Å². The summed E-state index contributed by atoms with van der Waals surface area (Å²) >= 11 is 1.58. The van der Waals surface area contributed by atoms with Gasteiger partial charge in [0.15, 0.2) is 5.92 Å². The summed E-state index contributed by atoms with van der Waals surface area (Å²) in [5.41, 5.74) is 1.95. The summed E-state index contributed by atoms with van der Waals surface area (Å²) in [4.78, 5) is 1.05. The molecule has 1 aliphatic heterocycles. The Hall–Kier alpha value is -3.07. The van der Waals surface area contributed by atoms with Gasteiger partial charge in [-0.1, -0.05) is 36.4 Å². The fraction of sp³-hybridized carbons (Fsp3) is 0.167. The third-order valence-electron chi connectivity index (χ3n) is 3.92. The summed E-state index contributed by atoms with van der Waals surface area (Å²) in [7, 11) is 0. The van der Waals surface area contributed by atoms with Crippen LogP contribution in [0.25, 0.3) is 0 Å². The van der Waals surface area contributed by atoms with Crippen LogP contribution in [0.4, 0.5) is 0 Å². The molecule has 0 amide bonds. The molecule has 4 nitrogen and oxygen atoms in total. The molecule has 5 heteroatoms. The maximum absolute atomic E-state index is 9.65. The van der Waals surface area contributed by atoms with Crippen molar-refractivity contribution < 1.29 is 0 Å². The molecule has 0 unspecified atom stereocenters. The van der Waals surface area contributed by atoms with E-state index < -0.39 is 5.92 Å². The molecule has 0 bridgehead atoms. The van der Waals surface area contributed by atoms with E-state index in [0.29, 0.717) is 11.3 Å². The number of thiophene rings is 1. The standard InChI is InChI=1S/C18H12N4S/c19-9-13(10-20)17-14(11-21)16(15-7-4-8-23-15)18(22-17)12-5-2-1-3-6-12/h1-8,13,16,18,22H/t16-,18+/m0/s1. The number of allylic oxidation sites excluding steroid dienone is 1. The van der Waals surface area contributed by atoms with Crippen molar-refractivity contribution >= 4 is 11.3 Å². The van der Waals surface area contributed by atoms with Gasteiger partial charge in [0, 0.05) is 4.88 Å². The lowest BCUT2D eigenvalue weighted by Gasteiger charge is -2.20. The van der Waals surface area contributed by atoms with Crippen LogP contribution in [0.5, 0.6) is 0 Å². The van der Waals surface area contributed by atoms with Crippen molar-refractivity contribution in [2.45, 2.75) is 12.0 Å². The normalized spacial score (nSPS) is 19.7. The first-order chi connectivity index (χ1) is 11.3. The quantitative estimate of drug-likeness (QED) is 0.937. The number of rotatable bonds is 3. The number of benzene rings is 1. The first-order valence-electron chi connectivity index (χ1n) is 7.08. The van der Waals surface area contributed by atoms with E-state index in [1.807, 2.05) is 60.0 Å². The van der Waals surface area contributed by atoms with Crippen molar-refractivity contribution in [3.8, 4) is 18.2 Å². The van der Waals surface area contributed by atoms with Crippen LogP contribution in [0, 0.1) is 39.9 Å². The Morgan fingerprint density at radius 1 is 1.00 bits per heavy atom. The highest BCUT2D eigenvalue weighted by Crippen LogP contribution is 2.45. The van der Waals surface area contributed by atoms with Gasteiger partial charge >= 0.3 is 0 Å². The van der Waals surface area contributed by atoms with Gasteiger partial charge in [0.25, 0.3) is 0 Å². The number of nitriles is 3. The van der Waals surface area contributed by atoms with Crippen LogP contribution < -0.4 is 5.32 Å². The lowest BCUT2D eigenvalue weighted by Crippen LogP contribution is -2.21. The topological polar surface area (TPSA) is 83.4 Å². The van der Waals surface area contributed by atoms with Crippen molar-refractivity contribution in [3.63, 3.8) is 0 Å². The van der Waals surface area contributed by atoms with Gasteiger partial charge in [-0.15, -0.1) is 11.3 Å². The summed E-state index contributed by atoms with van der Waals surface area (Å²) in [6.07, 6.45) is 0. The molecule has 3 rings (SSSR count). The van der Waals surface area contributed by atoms with Crippen LogP contribution in [0.3, 0.4) is 0 Å². The van der Waals surface area contributed by atoms with Crippen LogP contribution >= 0.6 is 11.3 Å². The van der Waals surface area contributed by atoms with Crippen LogP contribution in [0.1, 0.15) is 22.4 Å². The van der Waals surface area contributed by atoms with E-state index in [0.717, 1.165) is 10.4 Å². The molecule has 2 heterocycles. The van der Waals surface area contributed by atoms with E-state index in [2.05, 4.69) is 11.4 Å². The molecule has 0 aliphatic carbocycles. The minimum atomic E-state index is -0.958. The highest BCUT2D eigenvalue weighted by atomic mass is 32.1. The predicted octanol–water partition coefficient (Wildman–Crippen LogP) is 3.62. The largest absolute Gasteiger partial charge is 0.378 e. The maximum atomic E-state index is 9.65. The number of hydrogen-bond donors (Lipinski definition) is 1. The summed E-state index contributed by atoms with van der Waals surface area (Å²) in [5, 5.41) is 33.3. The first kappa shape index (κ1) is 14.9. The van der Waals surface area contributed by atoms with Gasteiger partial charge in [-0.05, 0) is 17.0 Å². The lowest BCUT2D eigenvalue weighted by atomic mass is 9.88. The second-order valence-corrected chi connectivity index (χ2v) is 6.14. The molecular formula is C18H12N4S. The second kappa shape index (κ2) is 6.36. The smallest absolute Gasteiger partial charge is 0.173 e. The zero-order valence-electron chi connectivity index (χ0n) is 12.1. The monoisotopic (exact) mass is 316 g/mol. The third-order valence-corrected chi connectivity index (χ3v) is 4.88. The van der Waals surface area contributed by atoms with Crippen LogP contribution in [0.2, 0.25) is 0 Å². The van der Waals surface area contributed by atoms with E-state index >= 15 is 0 Å². The highest BCUT2D eigenvalue weighted by molar-refractivity contribution is 7.10. The SMILES string of the molecule is N#CC1=C(C(C#N)C#N)N[C@H](c2ccccc2)[C@@H]1c1cccs1. The number of nitrogens with one attached hydrogen (secondary N) is 1. The zero-order valence-corrected chi connectivity index (χ0v) is 12.9. The van der Waals surface area contributed by atoms with Crippen LogP contribution in [-0.4, -0.2) is 0 Å². The molecule has 0 radical (unpaired) electrons. The lowest BCUT2D eigenvalue weighted by molar-refractivity contribution is 0.583. The third kappa shape index (κ3) is 2.57. The molecule has 2 aromatic rings. The minimum absolute atomic E-state index is 0.149. The Kier molecular flexibility index (Phi) is 4.11. The number of nitrogens with zero attached hydrogens (tertiary/aromatic N) is 3. The summed E-state index contributed by atoms with van der Waals surface area (Å²) in [6, 6.07) is 19.7. The summed E-state index contributed by atoms with van der Waals surface area (Å²) < 4.78 is 0. The Balaban J connectivity index is 2.13. The van der Waals surface area contributed by atoms with Crippen molar-refractivity contribution in [2.24, 2.45) is 5.92 Å². The van der Waals surface area contributed by atoms with Crippen LogP contribution in [0.15, 0.2) is 59.1 Å². The Bertz CT molecular complexity index is 833. The Labute approximate surface area is 138 Å². The van der Waals surface area contributed by atoms with Crippen molar-refractivity contribution in [1.29, 1.82) is 15.8 Å². The van der Waals surface area contributed by atoms with E-state index in [-0.39, 0.29) is 12.0 Å². The van der Waals surface area contributed by atoms with Crippen LogP contribution in [-0.2, 0) is 0 Å². The van der Waals surface area contributed by atoms with Gasteiger partial charge in [0.1, 0.15) is 0 Å². The van der Waals surface area contributed by atoms with E-state index in [1.165, 1.54) is 0 Å². The second-order valence-electron chi connectivity index (χ2n) is 5.16. The van der Waals surface area contributed by atoms with Crippen molar-refractivity contribution in [3.05, 3.63) is 69.6 Å². The first-order valence-corrected chi connectivity index (χ1v) is 7.96. The Morgan fingerprint density at radius 2 is 1.74 bits per heavy atom. The molecule has 0 spiro atoms. The van der Waals surface area contributed by atoms with Gasteiger partial charge < -0.3 is 5.32 Å². The zero-order chi connectivity index (χ0) is 16.2. The molecule has 1 aromatic carbocycles. The average Bonchev–Trinajstić information content (AvgIpc) is 3.24. The average molecular weight is 316 g/mol. The van der Waals surface area contributed by atoms with Crippen molar-refractivity contribution in [2.75, 3.05) is 0 Å². The summed E-state index contributed by atoms with van der Waals surface area (Å²) in [6.45, 7) is 0. The predicted molar refractivity (Wildman–Crippen MR) is 86.7 cm³/mol.